The lowest BCUT2D eigenvalue weighted by Gasteiger charge is -2.59. The number of rotatable bonds is 2. The minimum atomic E-state index is -0.185. The fourth-order valence-corrected chi connectivity index (χ4v) is 8.66. The van der Waals surface area contributed by atoms with Crippen LogP contribution in [0.3, 0.4) is 0 Å². The maximum absolute atomic E-state index is 11.7. The Labute approximate surface area is 178 Å². The smallest absolute Gasteiger partial charge is 0.331 e. The largest absolute Gasteiger partial charge is 0.463 e. The SMILES string of the molecule is CC(=O)O[C@H]1CC[C@@]23CO[C@]4(CC[C@H]2C1)C1=CC[C@H](C2=CC(=O)OC2)[C@@]1(C)CC[C@H]34. The van der Waals surface area contributed by atoms with Gasteiger partial charge in [0.1, 0.15) is 12.7 Å². The maximum atomic E-state index is 11.7. The van der Waals surface area contributed by atoms with Crippen molar-refractivity contribution in [3.8, 4) is 0 Å². The highest BCUT2D eigenvalue weighted by Gasteiger charge is 2.70. The first-order chi connectivity index (χ1) is 14.4. The second kappa shape index (κ2) is 6.21. The molecule has 1 spiro atoms. The highest BCUT2D eigenvalue weighted by atomic mass is 16.5. The van der Waals surface area contributed by atoms with Crippen molar-refractivity contribution in [3.63, 3.8) is 0 Å². The summed E-state index contributed by atoms with van der Waals surface area (Å²) in [5, 5.41) is 0. The van der Waals surface area contributed by atoms with E-state index in [0.717, 1.165) is 51.6 Å². The van der Waals surface area contributed by atoms with Crippen LogP contribution in [-0.4, -0.2) is 36.9 Å². The van der Waals surface area contributed by atoms with E-state index in [1.165, 1.54) is 24.5 Å². The molecule has 3 saturated carbocycles. The van der Waals surface area contributed by atoms with Gasteiger partial charge in [0.15, 0.2) is 0 Å². The summed E-state index contributed by atoms with van der Waals surface area (Å²) in [5.74, 6) is 1.21. The minimum Gasteiger partial charge on any atom is -0.463 e. The third-order valence-corrected chi connectivity index (χ3v) is 9.83. The van der Waals surface area contributed by atoms with E-state index >= 15 is 0 Å². The predicted molar refractivity (Wildman–Crippen MR) is 109 cm³/mol. The van der Waals surface area contributed by atoms with E-state index in [1.54, 1.807) is 6.08 Å². The molecule has 7 atom stereocenters. The van der Waals surface area contributed by atoms with Gasteiger partial charge >= 0.3 is 11.9 Å². The van der Waals surface area contributed by atoms with E-state index in [9.17, 15) is 9.59 Å². The molecule has 2 aliphatic heterocycles. The van der Waals surface area contributed by atoms with Crippen LogP contribution in [0.4, 0.5) is 0 Å². The molecule has 4 aliphatic carbocycles. The first-order valence-electron chi connectivity index (χ1n) is 11.8. The van der Waals surface area contributed by atoms with Crippen molar-refractivity contribution in [2.45, 2.75) is 76.9 Å². The molecule has 0 aromatic rings. The van der Waals surface area contributed by atoms with E-state index in [4.69, 9.17) is 14.2 Å². The number of ether oxygens (including phenoxy) is 3. The van der Waals surface area contributed by atoms with E-state index in [0.29, 0.717) is 24.4 Å². The van der Waals surface area contributed by atoms with Crippen LogP contribution in [-0.2, 0) is 23.8 Å². The topological polar surface area (TPSA) is 61.8 Å². The van der Waals surface area contributed by atoms with E-state index < -0.39 is 0 Å². The van der Waals surface area contributed by atoms with Crippen LogP contribution in [0.2, 0.25) is 0 Å². The molecule has 5 heteroatoms. The lowest BCUT2D eigenvalue weighted by molar-refractivity contribution is -0.153. The Morgan fingerprint density at radius 1 is 1.20 bits per heavy atom. The van der Waals surface area contributed by atoms with E-state index in [2.05, 4.69) is 13.0 Å². The molecule has 1 saturated heterocycles. The Hall–Kier alpha value is -1.62. The summed E-state index contributed by atoms with van der Waals surface area (Å²) < 4.78 is 17.7. The van der Waals surface area contributed by atoms with Gasteiger partial charge in [-0.2, -0.15) is 0 Å². The molecule has 30 heavy (non-hydrogen) atoms. The van der Waals surface area contributed by atoms with Crippen molar-refractivity contribution in [2.24, 2.45) is 28.6 Å². The van der Waals surface area contributed by atoms with Gasteiger partial charge in [-0.05, 0) is 85.7 Å². The second-order valence-electron chi connectivity index (χ2n) is 10.9. The molecule has 0 amide bonds. The van der Waals surface area contributed by atoms with Crippen LogP contribution >= 0.6 is 0 Å². The van der Waals surface area contributed by atoms with Crippen LogP contribution in [0.15, 0.2) is 23.3 Å². The first-order valence-corrected chi connectivity index (χ1v) is 11.8. The standard InChI is InChI=1S/C25H32O5/c1-15(26)30-18-6-9-24-14-29-25(10-5-17(24)12-18)20-4-3-19(16-11-22(27)28-13-16)23(20,2)8-7-21(24)25/h4,11,17-19,21H,3,5-10,12-14H2,1-2H3/t17-,18-,19+,21+,23+,24+,25+/m0/s1. The molecule has 5 nitrogen and oxygen atoms in total. The molecular weight excluding hydrogens is 380 g/mol. The maximum Gasteiger partial charge on any atom is 0.331 e. The number of carbonyl (C=O) groups is 2. The van der Waals surface area contributed by atoms with Gasteiger partial charge in [0.25, 0.3) is 0 Å². The average Bonchev–Trinajstić information content (AvgIpc) is 3.34. The van der Waals surface area contributed by atoms with Gasteiger partial charge in [0.05, 0.1) is 12.2 Å². The monoisotopic (exact) mass is 412 g/mol. The van der Waals surface area contributed by atoms with Crippen molar-refractivity contribution in [2.75, 3.05) is 13.2 Å². The van der Waals surface area contributed by atoms with Crippen molar-refractivity contribution < 1.29 is 23.8 Å². The van der Waals surface area contributed by atoms with Crippen molar-refractivity contribution in [3.05, 3.63) is 23.3 Å². The molecular formula is C25H32O5. The summed E-state index contributed by atoms with van der Waals surface area (Å²) in [5.41, 5.74) is 2.90. The highest BCUT2D eigenvalue weighted by Crippen LogP contribution is 2.72. The summed E-state index contributed by atoms with van der Waals surface area (Å²) in [6.45, 7) is 5.25. The van der Waals surface area contributed by atoms with Gasteiger partial charge in [-0.15, -0.1) is 0 Å². The first kappa shape index (κ1) is 19.1. The fourth-order valence-electron chi connectivity index (χ4n) is 8.66. The van der Waals surface area contributed by atoms with Gasteiger partial charge in [-0.3, -0.25) is 4.79 Å². The number of esters is 2. The Balaban J connectivity index is 1.30. The van der Waals surface area contributed by atoms with Crippen LogP contribution in [0.25, 0.3) is 0 Å². The van der Waals surface area contributed by atoms with Crippen LogP contribution in [0, 0.1) is 28.6 Å². The van der Waals surface area contributed by atoms with Crippen LogP contribution < -0.4 is 0 Å². The Kier molecular flexibility index (Phi) is 3.95. The number of hydrogen-bond acceptors (Lipinski definition) is 5. The van der Waals surface area contributed by atoms with Gasteiger partial charge in [0, 0.05) is 18.4 Å². The zero-order chi connectivity index (χ0) is 20.7. The number of carbonyl (C=O) groups excluding carboxylic acids is 2. The van der Waals surface area contributed by atoms with Crippen molar-refractivity contribution in [1.82, 2.24) is 0 Å². The molecule has 2 bridgehead atoms. The third kappa shape index (κ3) is 2.33. The van der Waals surface area contributed by atoms with E-state index in [1.807, 2.05) is 0 Å². The fraction of sp³-hybridized carbons (Fsp3) is 0.760. The summed E-state index contributed by atoms with van der Waals surface area (Å²) in [6, 6.07) is 0. The van der Waals surface area contributed by atoms with Crippen molar-refractivity contribution >= 4 is 11.9 Å². The Morgan fingerprint density at radius 2 is 2.07 bits per heavy atom. The summed E-state index contributed by atoms with van der Waals surface area (Å²) in [4.78, 5) is 23.2. The molecule has 0 N–H and O–H groups in total. The number of hydrogen-bond donors (Lipinski definition) is 0. The summed E-state index contributed by atoms with van der Waals surface area (Å²) in [7, 11) is 0. The molecule has 0 aromatic carbocycles. The zero-order valence-corrected chi connectivity index (χ0v) is 18.1. The minimum absolute atomic E-state index is 0.0730. The lowest BCUT2D eigenvalue weighted by Crippen LogP contribution is -2.57. The van der Waals surface area contributed by atoms with Crippen molar-refractivity contribution in [1.29, 1.82) is 0 Å². The van der Waals surface area contributed by atoms with Gasteiger partial charge in [0.2, 0.25) is 0 Å². The van der Waals surface area contributed by atoms with E-state index in [-0.39, 0.29) is 34.5 Å². The molecule has 2 heterocycles. The number of cyclic esters (lactones) is 1. The average molecular weight is 413 g/mol. The molecule has 162 valence electrons. The normalized spacial score (nSPS) is 48.8. The summed E-state index contributed by atoms with van der Waals surface area (Å²) in [6.07, 6.45) is 13.0. The Morgan fingerprint density at radius 3 is 2.83 bits per heavy atom. The summed E-state index contributed by atoms with van der Waals surface area (Å²) >= 11 is 0. The molecule has 6 aliphatic rings. The molecule has 6 rings (SSSR count). The molecule has 4 fully saturated rings. The molecule has 0 radical (unpaired) electrons. The lowest BCUT2D eigenvalue weighted by atomic mass is 9.45. The quantitative estimate of drug-likeness (QED) is 0.504. The number of fused-ring (bicyclic) bond motifs is 1. The zero-order valence-electron chi connectivity index (χ0n) is 18.1. The molecule has 0 aromatic heterocycles. The Bertz CT molecular complexity index is 873. The van der Waals surface area contributed by atoms with Gasteiger partial charge < -0.3 is 14.2 Å². The van der Waals surface area contributed by atoms with Gasteiger partial charge in [-0.1, -0.05) is 13.0 Å². The second-order valence-corrected chi connectivity index (χ2v) is 10.9. The third-order valence-electron chi connectivity index (χ3n) is 9.83. The van der Waals surface area contributed by atoms with Crippen LogP contribution in [0.5, 0.6) is 0 Å². The highest BCUT2D eigenvalue weighted by molar-refractivity contribution is 5.85. The predicted octanol–water partition coefficient (Wildman–Crippen LogP) is 4.11. The number of allylic oxidation sites excluding steroid dienone is 1. The molecule has 0 unspecified atom stereocenters. The van der Waals surface area contributed by atoms with Crippen LogP contribution in [0.1, 0.15) is 65.2 Å². The van der Waals surface area contributed by atoms with Gasteiger partial charge in [-0.25, -0.2) is 4.79 Å².